The first-order valence-corrected chi connectivity index (χ1v) is 11.0. The van der Waals surface area contributed by atoms with Gasteiger partial charge < -0.3 is 4.90 Å². The zero-order valence-electron chi connectivity index (χ0n) is 16.7. The van der Waals surface area contributed by atoms with Crippen molar-refractivity contribution in [2.75, 3.05) is 13.1 Å². The molecule has 0 saturated carbocycles. The van der Waals surface area contributed by atoms with Crippen LogP contribution in [0.4, 0.5) is 13.2 Å². The highest BCUT2D eigenvalue weighted by Gasteiger charge is 2.43. The Bertz CT molecular complexity index is 1020. The van der Waals surface area contributed by atoms with Gasteiger partial charge in [0.2, 0.25) is 10.0 Å². The van der Waals surface area contributed by atoms with E-state index in [-0.39, 0.29) is 31.0 Å². The van der Waals surface area contributed by atoms with Gasteiger partial charge in [0.15, 0.2) is 0 Å². The monoisotopic (exact) mass is 440 g/mol. The summed E-state index contributed by atoms with van der Waals surface area (Å²) < 4.78 is 66.3. The predicted molar refractivity (Wildman–Crippen MR) is 106 cm³/mol. The molecule has 9 heteroatoms. The minimum Gasteiger partial charge on any atom is -0.330 e. The molecule has 0 aliphatic carbocycles. The van der Waals surface area contributed by atoms with Gasteiger partial charge >= 0.3 is 12.1 Å². The fourth-order valence-corrected chi connectivity index (χ4v) is 5.41. The summed E-state index contributed by atoms with van der Waals surface area (Å²) in [5.74, 6) is -1.91. The lowest BCUT2D eigenvalue weighted by atomic mass is 10.00. The third kappa shape index (κ3) is 4.37. The van der Waals surface area contributed by atoms with Crippen molar-refractivity contribution in [3.8, 4) is 0 Å². The number of carbonyl (C=O) groups excluding carboxylic acids is 1. The van der Waals surface area contributed by atoms with Crippen LogP contribution in [0.1, 0.15) is 36.6 Å². The molecule has 0 N–H and O–H groups in total. The SMILES string of the molecule is CCN([C@@H](C)c1ccccc1)S(=O)(=O)c1ccc2c(c1)CN(C(=O)C(F)(F)F)CC2. The molecule has 0 unspecified atom stereocenters. The van der Waals surface area contributed by atoms with Gasteiger partial charge in [-0.3, -0.25) is 4.79 Å². The smallest absolute Gasteiger partial charge is 0.330 e. The van der Waals surface area contributed by atoms with E-state index < -0.39 is 28.1 Å². The highest BCUT2D eigenvalue weighted by molar-refractivity contribution is 7.89. The minimum atomic E-state index is -4.95. The molecule has 0 radical (unpaired) electrons. The Hall–Kier alpha value is -2.39. The Morgan fingerprint density at radius 3 is 2.40 bits per heavy atom. The largest absolute Gasteiger partial charge is 0.471 e. The first-order valence-electron chi connectivity index (χ1n) is 9.60. The molecule has 30 heavy (non-hydrogen) atoms. The van der Waals surface area contributed by atoms with Gasteiger partial charge in [0.05, 0.1) is 4.90 Å². The summed E-state index contributed by atoms with van der Waals surface area (Å²) in [5.41, 5.74) is 2.01. The van der Waals surface area contributed by atoms with E-state index in [0.29, 0.717) is 10.5 Å². The zero-order chi connectivity index (χ0) is 22.1. The Morgan fingerprint density at radius 1 is 1.13 bits per heavy atom. The van der Waals surface area contributed by atoms with Crippen LogP contribution in [0.25, 0.3) is 0 Å². The molecule has 0 spiro atoms. The summed E-state index contributed by atoms with van der Waals surface area (Å²) in [7, 11) is -3.89. The molecule has 0 bridgehead atoms. The van der Waals surface area contributed by atoms with Crippen molar-refractivity contribution in [3.63, 3.8) is 0 Å². The van der Waals surface area contributed by atoms with E-state index in [1.165, 1.54) is 16.4 Å². The van der Waals surface area contributed by atoms with E-state index in [2.05, 4.69) is 0 Å². The number of sulfonamides is 1. The second kappa shape index (κ2) is 8.39. The number of carbonyl (C=O) groups is 1. The summed E-state index contributed by atoms with van der Waals surface area (Å²) >= 11 is 0. The number of nitrogens with zero attached hydrogens (tertiary/aromatic N) is 2. The molecular weight excluding hydrogens is 417 g/mol. The molecule has 162 valence electrons. The van der Waals surface area contributed by atoms with Crippen LogP contribution in [-0.2, 0) is 27.8 Å². The number of hydrogen-bond donors (Lipinski definition) is 0. The third-order valence-electron chi connectivity index (χ3n) is 5.35. The van der Waals surface area contributed by atoms with Crippen molar-refractivity contribution < 1.29 is 26.4 Å². The number of amides is 1. The predicted octanol–water partition coefficient (Wildman–Crippen LogP) is 3.91. The Kier molecular flexibility index (Phi) is 6.24. The average Bonchev–Trinajstić information content (AvgIpc) is 2.72. The van der Waals surface area contributed by atoms with Crippen LogP contribution in [0.15, 0.2) is 53.4 Å². The number of fused-ring (bicyclic) bond motifs is 1. The number of benzene rings is 2. The first kappa shape index (κ1) is 22.3. The molecule has 0 aromatic heterocycles. The van der Waals surface area contributed by atoms with Crippen molar-refractivity contribution in [1.29, 1.82) is 0 Å². The molecule has 1 atom stereocenters. The molecule has 5 nitrogen and oxygen atoms in total. The summed E-state index contributed by atoms with van der Waals surface area (Å²) in [6.07, 6.45) is -4.71. The fraction of sp³-hybridized carbons (Fsp3) is 0.381. The van der Waals surface area contributed by atoms with Gasteiger partial charge in [-0.05, 0) is 42.2 Å². The standard InChI is InChI=1S/C21H23F3N2O3S/c1-3-26(15(2)16-7-5-4-6-8-16)30(28,29)19-10-9-17-11-12-25(14-18(17)13-19)20(27)21(22,23)24/h4-10,13,15H,3,11-12,14H2,1-2H3/t15-/m0/s1. The van der Waals surface area contributed by atoms with Gasteiger partial charge in [-0.15, -0.1) is 0 Å². The lowest BCUT2D eigenvalue weighted by Crippen LogP contribution is -2.43. The van der Waals surface area contributed by atoms with Gasteiger partial charge in [0.1, 0.15) is 0 Å². The van der Waals surface area contributed by atoms with E-state index >= 15 is 0 Å². The fourth-order valence-electron chi connectivity index (χ4n) is 3.73. The number of hydrogen-bond acceptors (Lipinski definition) is 3. The van der Waals surface area contributed by atoms with E-state index in [9.17, 15) is 26.4 Å². The van der Waals surface area contributed by atoms with Gasteiger partial charge in [-0.2, -0.15) is 17.5 Å². The van der Waals surface area contributed by atoms with E-state index in [4.69, 9.17) is 0 Å². The molecule has 1 aliphatic rings. The summed E-state index contributed by atoms with van der Waals surface area (Å²) in [6, 6.07) is 13.3. The highest BCUT2D eigenvalue weighted by atomic mass is 32.2. The van der Waals surface area contributed by atoms with Crippen molar-refractivity contribution in [3.05, 3.63) is 65.2 Å². The van der Waals surface area contributed by atoms with Crippen LogP contribution in [-0.4, -0.2) is 42.8 Å². The van der Waals surface area contributed by atoms with Crippen LogP contribution in [0, 0.1) is 0 Å². The lowest BCUT2D eigenvalue weighted by molar-refractivity contribution is -0.186. The Balaban J connectivity index is 1.91. The molecule has 0 fully saturated rings. The number of halogens is 3. The average molecular weight is 440 g/mol. The van der Waals surface area contributed by atoms with Crippen molar-refractivity contribution >= 4 is 15.9 Å². The maximum absolute atomic E-state index is 13.3. The van der Waals surface area contributed by atoms with Gasteiger partial charge in [0, 0.05) is 25.7 Å². The molecule has 2 aromatic rings. The molecule has 3 rings (SSSR count). The number of alkyl halides is 3. The van der Waals surface area contributed by atoms with Crippen LogP contribution in [0.5, 0.6) is 0 Å². The molecule has 1 aliphatic heterocycles. The topological polar surface area (TPSA) is 57.7 Å². The van der Waals surface area contributed by atoms with Crippen molar-refractivity contribution in [2.45, 2.75) is 43.9 Å². The van der Waals surface area contributed by atoms with Gasteiger partial charge in [-0.1, -0.05) is 43.3 Å². The Labute approximate surface area is 174 Å². The van der Waals surface area contributed by atoms with Crippen LogP contribution in [0.2, 0.25) is 0 Å². The van der Waals surface area contributed by atoms with Gasteiger partial charge in [0.25, 0.3) is 0 Å². The van der Waals surface area contributed by atoms with E-state index in [1.807, 2.05) is 30.3 Å². The Morgan fingerprint density at radius 2 is 1.80 bits per heavy atom. The maximum atomic E-state index is 13.3. The van der Waals surface area contributed by atoms with E-state index in [1.54, 1.807) is 19.9 Å². The zero-order valence-corrected chi connectivity index (χ0v) is 17.5. The summed E-state index contributed by atoms with van der Waals surface area (Å²) in [5, 5.41) is 0. The summed E-state index contributed by atoms with van der Waals surface area (Å²) in [6.45, 7) is 3.44. The third-order valence-corrected chi connectivity index (χ3v) is 7.39. The molecule has 1 heterocycles. The second-order valence-corrected chi connectivity index (χ2v) is 9.09. The first-order chi connectivity index (χ1) is 14.1. The minimum absolute atomic E-state index is 0.00666. The highest BCUT2D eigenvalue weighted by Crippen LogP contribution is 2.30. The lowest BCUT2D eigenvalue weighted by Gasteiger charge is -2.31. The maximum Gasteiger partial charge on any atom is 0.471 e. The van der Waals surface area contributed by atoms with E-state index in [0.717, 1.165) is 11.1 Å². The quantitative estimate of drug-likeness (QED) is 0.709. The van der Waals surface area contributed by atoms with Crippen molar-refractivity contribution in [1.82, 2.24) is 9.21 Å². The molecular formula is C21H23F3N2O3S. The van der Waals surface area contributed by atoms with Gasteiger partial charge in [-0.25, -0.2) is 8.42 Å². The molecule has 1 amide bonds. The van der Waals surface area contributed by atoms with Crippen LogP contribution >= 0.6 is 0 Å². The normalized spacial score (nSPS) is 15.7. The molecule has 2 aromatic carbocycles. The molecule has 0 saturated heterocycles. The summed E-state index contributed by atoms with van der Waals surface area (Å²) in [4.78, 5) is 12.3. The van der Waals surface area contributed by atoms with Crippen LogP contribution in [0.3, 0.4) is 0 Å². The second-order valence-electron chi connectivity index (χ2n) is 7.20. The number of rotatable bonds is 5. The van der Waals surface area contributed by atoms with Crippen molar-refractivity contribution in [2.24, 2.45) is 0 Å². The van der Waals surface area contributed by atoms with Crippen LogP contribution < -0.4 is 0 Å².